The zero-order valence-electron chi connectivity index (χ0n) is 18.1. The average Bonchev–Trinajstić information content (AvgIpc) is 3.21. The molecule has 5 rings (SSSR count). The average molecular weight is 452 g/mol. The molecule has 0 N–H and O–H groups in total. The molecule has 3 aromatic heterocycles. The third-order valence-corrected chi connectivity index (χ3v) is 6.32. The molecule has 0 bridgehead atoms. The maximum atomic E-state index is 14.9. The van der Waals surface area contributed by atoms with Crippen molar-refractivity contribution in [1.29, 1.82) is 0 Å². The van der Waals surface area contributed by atoms with Crippen LogP contribution < -0.4 is 0 Å². The minimum atomic E-state index is -0.415. The van der Waals surface area contributed by atoms with Gasteiger partial charge in [-0.25, -0.2) is 19.3 Å². The van der Waals surface area contributed by atoms with E-state index in [9.17, 15) is 4.39 Å². The highest BCUT2D eigenvalue weighted by Gasteiger charge is 2.29. The summed E-state index contributed by atoms with van der Waals surface area (Å²) in [5, 5.41) is 5.34. The fourth-order valence-corrected chi connectivity index (χ4v) is 4.36. The Balaban J connectivity index is 1.62. The molecule has 0 saturated carbocycles. The molecule has 1 fully saturated rings. The topological polar surface area (TPSA) is 65.7 Å². The summed E-state index contributed by atoms with van der Waals surface area (Å²) in [7, 11) is 1.89. The van der Waals surface area contributed by atoms with E-state index in [2.05, 4.69) is 5.10 Å². The van der Waals surface area contributed by atoms with E-state index >= 15 is 0 Å². The van der Waals surface area contributed by atoms with Crippen molar-refractivity contribution in [3.05, 3.63) is 70.1 Å². The molecule has 32 heavy (non-hydrogen) atoms. The quantitative estimate of drug-likeness (QED) is 0.413. The van der Waals surface area contributed by atoms with Gasteiger partial charge in [-0.3, -0.25) is 4.68 Å². The zero-order chi connectivity index (χ0) is 22.4. The molecule has 1 saturated heterocycles. The Morgan fingerprint density at radius 2 is 2.00 bits per heavy atom. The Labute approximate surface area is 190 Å². The van der Waals surface area contributed by atoms with Crippen LogP contribution in [0.15, 0.2) is 36.7 Å². The number of hydrogen-bond acceptors (Lipinski definition) is 5. The molecule has 0 spiro atoms. The Morgan fingerprint density at radius 1 is 1.16 bits per heavy atom. The molecule has 2 atom stereocenters. The maximum absolute atomic E-state index is 14.9. The fraction of sp³-hybridized carbons (Fsp3) is 0.333. The van der Waals surface area contributed by atoms with Crippen molar-refractivity contribution in [1.82, 2.24) is 24.7 Å². The summed E-state index contributed by atoms with van der Waals surface area (Å²) in [6.45, 7) is 4.53. The van der Waals surface area contributed by atoms with Gasteiger partial charge in [0, 0.05) is 53.0 Å². The van der Waals surface area contributed by atoms with E-state index in [1.807, 2.05) is 39.4 Å². The summed E-state index contributed by atoms with van der Waals surface area (Å²) in [6, 6.07) is 6.63. The summed E-state index contributed by atoms with van der Waals surface area (Å²) in [6.07, 6.45) is 5.23. The molecule has 164 valence electrons. The largest absolute Gasteiger partial charge is 0.373 e. The first-order valence-electron chi connectivity index (χ1n) is 10.6. The van der Waals surface area contributed by atoms with Crippen LogP contribution in [0, 0.1) is 19.7 Å². The van der Waals surface area contributed by atoms with E-state index < -0.39 is 5.82 Å². The molecule has 6 nitrogen and oxygen atoms in total. The molecule has 0 radical (unpaired) electrons. The summed E-state index contributed by atoms with van der Waals surface area (Å²) < 4.78 is 22.7. The number of rotatable bonds is 3. The standard InChI is InChI=1S/C24H23ClFN5O/c1-13-8-19-22(18-5-4-17(25)10-20(18)26)29-23(30-24(19)28-14(13)2)15-6-7-32-21(9-15)16-11-27-31(3)12-16/h4-5,8,10-12,15,21H,6-7,9H2,1-3H3/t15-,21-/m1/s1. The second kappa shape index (κ2) is 8.22. The molecule has 4 aromatic rings. The van der Waals surface area contributed by atoms with Crippen LogP contribution in [0.4, 0.5) is 4.39 Å². The smallest absolute Gasteiger partial charge is 0.163 e. The van der Waals surface area contributed by atoms with E-state index in [0.29, 0.717) is 34.4 Å². The SMILES string of the molecule is Cc1cc2c(-c3ccc(Cl)cc3F)nc([C@@H]3CCO[C@@H](c4cnn(C)c4)C3)nc2nc1C. The number of nitrogens with zero attached hydrogens (tertiary/aromatic N) is 5. The van der Waals surface area contributed by atoms with Gasteiger partial charge >= 0.3 is 0 Å². The molecular weight excluding hydrogens is 429 g/mol. The van der Waals surface area contributed by atoms with E-state index in [-0.39, 0.29) is 12.0 Å². The van der Waals surface area contributed by atoms with Crippen molar-refractivity contribution in [3.63, 3.8) is 0 Å². The Kier molecular flexibility index (Phi) is 5.39. The number of aromatic nitrogens is 5. The number of ether oxygens (including phenoxy) is 1. The number of benzene rings is 1. The molecule has 0 unspecified atom stereocenters. The maximum Gasteiger partial charge on any atom is 0.163 e. The van der Waals surface area contributed by atoms with E-state index in [1.54, 1.807) is 16.8 Å². The molecular formula is C24H23ClFN5O. The van der Waals surface area contributed by atoms with E-state index in [1.165, 1.54) is 6.07 Å². The van der Waals surface area contributed by atoms with Crippen LogP contribution in [-0.4, -0.2) is 31.3 Å². The first-order valence-corrected chi connectivity index (χ1v) is 11.0. The van der Waals surface area contributed by atoms with Crippen molar-refractivity contribution in [2.45, 2.75) is 38.7 Å². The lowest BCUT2D eigenvalue weighted by Gasteiger charge is -2.28. The lowest BCUT2D eigenvalue weighted by atomic mass is 9.92. The van der Waals surface area contributed by atoms with E-state index in [4.69, 9.17) is 31.3 Å². The second-order valence-electron chi connectivity index (χ2n) is 8.34. The van der Waals surface area contributed by atoms with Crippen molar-refractivity contribution in [3.8, 4) is 11.3 Å². The Bertz CT molecular complexity index is 1320. The van der Waals surface area contributed by atoms with Gasteiger partial charge in [0.25, 0.3) is 0 Å². The van der Waals surface area contributed by atoms with Crippen molar-refractivity contribution < 1.29 is 9.13 Å². The van der Waals surface area contributed by atoms with Gasteiger partial charge < -0.3 is 4.74 Å². The molecule has 0 amide bonds. The molecule has 0 aliphatic carbocycles. The summed E-state index contributed by atoms with van der Waals surface area (Å²) in [4.78, 5) is 14.4. The predicted octanol–water partition coefficient (Wildman–Crippen LogP) is 5.47. The Hall–Kier alpha value is -2.90. The van der Waals surface area contributed by atoms with Crippen LogP contribution in [0.3, 0.4) is 0 Å². The first-order chi connectivity index (χ1) is 15.4. The highest BCUT2D eigenvalue weighted by atomic mass is 35.5. The lowest BCUT2D eigenvalue weighted by molar-refractivity contribution is 0.00398. The van der Waals surface area contributed by atoms with Crippen LogP contribution in [-0.2, 0) is 11.8 Å². The van der Waals surface area contributed by atoms with Crippen LogP contribution in [0.5, 0.6) is 0 Å². The highest BCUT2D eigenvalue weighted by molar-refractivity contribution is 6.30. The monoisotopic (exact) mass is 451 g/mol. The van der Waals surface area contributed by atoms with Crippen LogP contribution >= 0.6 is 11.6 Å². The summed E-state index contributed by atoms with van der Waals surface area (Å²) in [5.74, 6) is 0.313. The van der Waals surface area contributed by atoms with Crippen molar-refractivity contribution in [2.75, 3.05) is 6.61 Å². The van der Waals surface area contributed by atoms with Crippen LogP contribution in [0.25, 0.3) is 22.3 Å². The van der Waals surface area contributed by atoms with Crippen LogP contribution in [0.2, 0.25) is 5.02 Å². The number of aryl methyl sites for hydroxylation is 3. The molecule has 1 aromatic carbocycles. The number of pyridine rings is 1. The minimum Gasteiger partial charge on any atom is -0.373 e. The van der Waals surface area contributed by atoms with Crippen molar-refractivity contribution >= 4 is 22.6 Å². The Morgan fingerprint density at radius 3 is 2.75 bits per heavy atom. The molecule has 8 heteroatoms. The van der Waals surface area contributed by atoms with E-state index in [0.717, 1.165) is 35.0 Å². The van der Waals surface area contributed by atoms with Gasteiger partial charge in [-0.1, -0.05) is 11.6 Å². The van der Waals surface area contributed by atoms with Gasteiger partial charge in [0.15, 0.2) is 5.65 Å². The fourth-order valence-electron chi connectivity index (χ4n) is 4.20. The van der Waals surface area contributed by atoms with Gasteiger partial charge in [-0.2, -0.15) is 5.10 Å². The summed E-state index contributed by atoms with van der Waals surface area (Å²) >= 11 is 5.99. The lowest BCUT2D eigenvalue weighted by Crippen LogP contribution is -2.20. The number of halogens is 2. The predicted molar refractivity (Wildman–Crippen MR) is 121 cm³/mol. The number of hydrogen-bond donors (Lipinski definition) is 0. The van der Waals surface area contributed by atoms with Gasteiger partial charge in [0.05, 0.1) is 18.0 Å². The second-order valence-corrected chi connectivity index (χ2v) is 8.78. The summed E-state index contributed by atoms with van der Waals surface area (Å²) in [5.41, 5.74) is 4.44. The van der Waals surface area contributed by atoms with Crippen molar-refractivity contribution in [2.24, 2.45) is 7.05 Å². The van der Waals surface area contributed by atoms with Gasteiger partial charge in [-0.15, -0.1) is 0 Å². The molecule has 4 heterocycles. The zero-order valence-corrected chi connectivity index (χ0v) is 18.9. The van der Waals surface area contributed by atoms with Crippen LogP contribution in [0.1, 0.15) is 47.5 Å². The van der Waals surface area contributed by atoms with Gasteiger partial charge in [0.1, 0.15) is 11.6 Å². The van der Waals surface area contributed by atoms with Gasteiger partial charge in [-0.05, 0) is 56.5 Å². The number of fused-ring (bicyclic) bond motifs is 1. The first kappa shape index (κ1) is 21.0. The molecule has 1 aliphatic rings. The third kappa shape index (κ3) is 3.87. The minimum absolute atomic E-state index is 0.0656. The van der Waals surface area contributed by atoms with Gasteiger partial charge in [0.2, 0.25) is 0 Å². The normalized spacial score (nSPS) is 18.9. The highest BCUT2D eigenvalue weighted by Crippen LogP contribution is 2.38. The molecule has 1 aliphatic heterocycles. The third-order valence-electron chi connectivity index (χ3n) is 6.08.